The number of ketones is 1. The third-order valence-electron chi connectivity index (χ3n) is 1.93. The van der Waals surface area contributed by atoms with Crippen LogP contribution in [-0.2, 0) is 14.3 Å². The largest absolute Gasteiger partial charge is 0.381 e. The third-order valence-corrected chi connectivity index (χ3v) is 1.93. The Morgan fingerprint density at radius 3 is 2.36 bits per heavy atom. The van der Waals surface area contributed by atoms with Gasteiger partial charge in [-0.25, -0.2) is 0 Å². The number of ether oxygens (including phenoxy) is 1. The van der Waals surface area contributed by atoms with Crippen LogP contribution in [0.2, 0.25) is 0 Å². The lowest BCUT2D eigenvalue weighted by Gasteiger charge is -2.02. The summed E-state index contributed by atoms with van der Waals surface area (Å²) < 4.78 is 5.33. The number of hydrogen-bond acceptors (Lipinski definition) is 3. The summed E-state index contributed by atoms with van der Waals surface area (Å²) in [6.45, 7) is 3.07. The van der Waals surface area contributed by atoms with E-state index < -0.39 is 0 Å². The van der Waals surface area contributed by atoms with Crippen LogP contribution in [0, 0.1) is 0 Å². The van der Waals surface area contributed by atoms with Gasteiger partial charge in [0.05, 0.1) is 0 Å². The zero-order valence-electron chi connectivity index (χ0n) is 8.96. The Labute approximate surface area is 85.8 Å². The molecular weight excluding hydrogens is 180 g/mol. The van der Waals surface area contributed by atoms with E-state index in [1.807, 2.05) is 0 Å². The molecule has 0 rings (SSSR count). The van der Waals surface area contributed by atoms with Crippen molar-refractivity contribution in [3.63, 3.8) is 0 Å². The first-order valence-electron chi connectivity index (χ1n) is 5.28. The van der Waals surface area contributed by atoms with Gasteiger partial charge < -0.3 is 14.3 Å². The zero-order chi connectivity index (χ0) is 10.6. The highest BCUT2D eigenvalue weighted by Crippen LogP contribution is 1.98. The van der Waals surface area contributed by atoms with Crippen LogP contribution in [0.4, 0.5) is 0 Å². The molecule has 0 spiro atoms. The highest BCUT2D eigenvalue weighted by Gasteiger charge is 1.94. The molecule has 0 saturated heterocycles. The Balaban J connectivity index is 2.92. The summed E-state index contributed by atoms with van der Waals surface area (Å²) in [5.41, 5.74) is 0. The lowest BCUT2D eigenvalue weighted by molar-refractivity contribution is -0.117. The van der Waals surface area contributed by atoms with Gasteiger partial charge in [-0.15, -0.1) is 0 Å². The molecule has 0 aliphatic heterocycles. The Morgan fingerprint density at radius 2 is 1.79 bits per heavy atom. The molecule has 0 atom stereocenters. The Kier molecular flexibility index (Phi) is 9.86. The van der Waals surface area contributed by atoms with Gasteiger partial charge in [0.25, 0.3) is 0 Å². The zero-order valence-corrected chi connectivity index (χ0v) is 8.96. The minimum absolute atomic E-state index is 0.246. The predicted molar refractivity (Wildman–Crippen MR) is 55.3 cm³/mol. The third kappa shape index (κ3) is 11.3. The van der Waals surface area contributed by atoms with Crippen molar-refractivity contribution < 1.29 is 14.3 Å². The summed E-state index contributed by atoms with van der Waals surface area (Å²) in [7, 11) is 0. The number of hydrogen-bond donors (Lipinski definition) is 0. The van der Waals surface area contributed by atoms with E-state index in [1.165, 1.54) is 0 Å². The standard InChI is InChI=1S/C11H20O3/c1-11(13)7-3-6-10-14-9-5-2-4-8-12/h8H,2-7,9-10H2,1H3. The number of unbranched alkanes of at least 4 members (excludes halogenated alkanes) is 3. The van der Waals surface area contributed by atoms with Crippen molar-refractivity contribution in [1.82, 2.24) is 0 Å². The molecule has 0 aromatic rings. The average Bonchev–Trinajstić information content (AvgIpc) is 2.15. The Hall–Kier alpha value is -0.700. The maximum Gasteiger partial charge on any atom is 0.129 e. The van der Waals surface area contributed by atoms with Crippen molar-refractivity contribution in [3.8, 4) is 0 Å². The highest BCUT2D eigenvalue weighted by atomic mass is 16.5. The van der Waals surface area contributed by atoms with Crippen LogP contribution in [0.25, 0.3) is 0 Å². The second-order valence-corrected chi connectivity index (χ2v) is 3.43. The fourth-order valence-electron chi connectivity index (χ4n) is 1.11. The van der Waals surface area contributed by atoms with Crippen molar-refractivity contribution in [2.45, 2.75) is 45.4 Å². The lowest BCUT2D eigenvalue weighted by Crippen LogP contribution is -1.98. The number of carbonyl (C=O) groups excluding carboxylic acids is 2. The van der Waals surface area contributed by atoms with Crippen LogP contribution in [0.5, 0.6) is 0 Å². The van der Waals surface area contributed by atoms with Gasteiger partial charge in [-0.1, -0.05) is 0 Å². The van der Waals surface area contributed by atoms with Crippen LogP contribution in [-0.4, -0.2) is 25.3 Å². The minimum atomic E-state index is 0.246. The number of Topliss-reactive ketones (excluding diaryl/α,β-unsaturated/α-hetero) is 1. The molecule has 0 N–H and O–H groups in total. The van der Waals surface area contributed by atoms with Gasteiger partial charge in [-0.3, -0.25) is 0 Å². The molecule has 0 unspecified atom stereocenters. The van der Waals surface area contributed by atoms with Gasteiger partial charge in [-0.05, 0) is 32.6 Å². The molecule has 0 aromatic heterocycles. The van der Waals surface area contributed by atoms with Gasteiger partial charge in [0.1, 0.15) is 12.1 Å². The molecule has 0 aliphatic rings. The summed E-state index contributed by atoms with van der Waals surface area (Å²) in [6, 6.07) is 0. The van der Waals surface area contributed by atoms with Crippen molar-refractivity contribution >= 4 is 12.1 Å². The van der Waals surface area contributed by atoms with Crippen molar-refractivity contribution in [3.05, 3.63) is 0 Å². The first-order chi connectivity index (χ1) is 6.77. The van der Waals surface area contributed by atoms with Gasteiger partial charge in [-0.2, -0.15) is 0 Å². The topological polar surface area (TPSA) is 43.4 Å². The smallest absolute Gasteiger partial charge is 0.129 e. The SMILES string of the molecule is CC(=O)CCCCOCCCCC=O. The monoisotopic (exact) mass is 200 g/mol. The summed E-state index contributed by atoms with van der Waals surface area (Å²) in [4.78, 5) is 20.5. The molecule has 3 nitrogen and oxygen atoms in total. The summed E-state index contributed by atoms with van der Waals surface area (Å²) in [6.07, 6.45) is 5.97. The fourth-order valence-corrected chi connectivity index (χ4v) is 1.11. The molecule has 3 heteroatoms. The Bertz CT molecular complexity index is 155. The van der Waals surface area contributed by atoms with E-state index >= 15 is 0 Å². The van der Waals surface area contributed by atoms with E-state index in [9.17, 15) is 9.59 Å². The molecule has 0 heterocycles. The second kappa shape index (κ2) is 10.4. The first kappa shape index (κ1) is 13.3. The van der Waals surface area contributed by atoms with E-state index in [-0.39, 0.29) is 5.78 Å². The van der Waals surface area contributed by atoms with E-state index in [1.54, 1.807) is 6.92 Å². The molecule has 0 amide bonds. The first-order valence-corrected chi connectivity index (χ1v) is 5.28. The fraction of sp³-hybridized carbons (Fsp3) is 0.818. The maximum absolute atomic E-state index is 10.6. The van der Waals surface area contributed by atoms with Crippen molar-refractivity contribution in [2.24, 2.45) is 0 Å². The number of carbonyl (C=O) groups is 2. The van der Waals surface area contributed by atoms with Gasteiger partial charge in [0.15, 0.2) is 0 Å². The van der Waals surface area contributed by atoms with Crippen molar-refractivity contribution in [1.29, 1.82) is 0 Å². The molecule has 82 valence electrons. The Morgan fingerprint density at radius 1 is 1.14 bits per heavy atom. The summed E-state index contributed by atoms with van der Waals surface area (Å²) in [5, 5.41) is 0. The van der Waals surface area contributed by atoms with Crippen LogP contribution in [0.3, 0.4) is 0 Å². The number of rotatable bonds is 10. The lowest BCUT2D eigenvalue weighted by atomic mass is 10.2. The molecular formula is C11H20O3. The minimum Gasteiger partial charge on any atom is -0.381 e. The quantitative estimate of drug-likeness (QED) is 0.401. The van der Waals surface area contributed by atoms with Gasteiger partial charge in [0, 0.05) is 26.1 Å². The molecule has 0 bridgehead atoms. The van der Waals surface area contributed by atoms with E-state index in [0.29, 0.717) is 12.8 Å². The van der Waals surface area contributed by atoms with Gasteiger partial charge in [0.2, 0.25) is 0 Å². The molecule has 0 saturated carbocycles. The van der Waals surface area contributed by atoms with E-state index in [4.69, 9.17) is 4.74 Å². The summed E-state index contributed by atoms with van der Waals surface area (Å²) in [5.74, 6) is 0.246. The number of aldehydes is 1. The predicted octanol–water partition coefficient (Wildman–Crippen LogP) is 2.13. The second-order valence-electron chi connectivity index (χ2n) is 3.43. The highest BCUT2D eigenvalue weighted by molar-refractivity contribution is 5.75. The molecule has 14 heavy (non-hydrogen) atoms. The molecule has 0 aliphatic carbocycles. The van der Waals surface area contributed by atoms with Crippen LogP contribution >= 0.6 is 0 Å². The van der Waals surface area contributed by atoms with Crippen LogP contribution in [0.15, 0.2) is 0 Å². The van der Waals surface area contributed by atoms with Crippen LogP contribution in [0.1, 0.15) is 45.4 Å². The van der Waals surface area contributed by atoms with E-state index in [0.717, 1.165) is 45.2 Å². The molecule has 0 radical (unpaired) electrons. The average molecular weight is 200 g/mol. The normalized spacial score (nSPS) is 10.1. The van der Waals surface area contributed by atoms with Crippen LogP contribution < -0.4 is 0 Å². The molecule has 0 aromatic carbocycles. The maximum atomic E-state index is 10.6. The van der Waals surface area contributed by atoms with Gasteiger partial charge >= 0.3 is 0 Å². The summed E-state index contributed by atoms with van der Waals surface area (Å²) >= 11 is 0. The molecule has 0 fully saturated rings. The van der Waals surface area contributed by atoms with E-state index in [2.05, 4.69) is 0 Å². The van der Waals surface area contributed by atoms with Crippen molar-refractivity contribution in [2.75, 3.05) is 13.2 Å².